The molecule has 0 radical (unpaired) electrons. The van der Waals surface area contributed by atoms with Crippen molar-refractivity contribution in [1.82, 2.24) is 0 Å². The minimum Gasteiger partial charge on any atom is -1.00 e. The van der Waals surface area contributed by atoms with Gasteiger partial charge in [-0.3, -0.25) is 0 Å². The van der Waals surface area contributed by atoms with Gasteiger partial charge in [0.25, 0.3) is 0 Å². The van der Waals surface area contributed by atoms with Gasteiger partial charge in [0, 0.05) is 0 Å². The molecule has 40 valence electrons. The van der Waals surface area contributed by atoms with Crippen LogP contribution in [0.5, 0.6) is 0 Å². The summed E-state index contributed by atoms with van der Waals surface area (Å²) >= 11 is 0. The second-order valence-electron chi connectivity index (χ2n) is 0. The van der Waals surface area contributed by atoms with E-state index in [1.54, 1.807) is 0 Å². The molecule has 0 aliphatic carbocycles. The van der Waals surface area contributed by atoms with Gasteiger partial charge in [0.2, 0.25) is 0 Å². The molecule has 6 heavy (non-hydrogen) atoms. The van der Waals surface area contributed by atoms with Crippen LogP contribution in [0.2, 0.25) is 0 Å². The molecule has 0 saturated carbocycles. The fourth-order valence-electron chi connectivity index (χ4n) is 0. The van der Waals surface area contributed by atoms with E-state index in [0.717, 1.165) is 0 Å². The van der Waals surface area contributed by atoms with Crippen LogP contribution in [-0.4, -0.2) is 0 Å². The molecule has 0 heterocycles. The molecule has 0 saturated heterocycles. The van der Waals surface area contributed by atoms with E-state index in [4.69, 9.17) is 0 Å². The minimum absolute atomic E-state index is 0. The molecule has 0 rings (SSSR count). The monoisotopic (exact) mass is 342 g/mol. The van der Waals surface area contributed by atoms with Crippen LogP contribution in [0.4, 0.5) is 0 Å². The first-order valence-electron chi connectivity index (χ1n) is 0. The summed E-state index contributed by atoms with van der Waals surface area (Å²) < 4.78 is 0. The van der Waals surface area contributed by atoms with Crippen LogP contribution in [0.25, 0.3) is 0 Å². The number of hydrogen-bond acceptors (Lipinski definition) is 0. The predicted octanol–water partition coefficient (Wildman–Crippen LogP) is -3.47. The van der Waals surface area contributed by atoms with Gasteiger partial charge in [-0.05, 0) is 0 Å². The molecule has 0 amide bonds. The molecule has 0 atom stereocenters. The minimum atomic E-state index is 0. The molecule has 0 aromatic heterocycles. The molecule has 0 unspecified atom stereocenters. The topological polar surface area (TPSA) is 0 Å². The summed E-state index contributed by atoms with van der Waals surface area (Å²) in [6, 6.07) is 0. The standard InChI is InChI=1S/3CH4.2HI.K/h3*1H4;2*1H;/q;;;;;+1/p-1. The van der Waals surface area contributed by atoms with E-state index >= 15 is 0 Å². The summed E-state index contributed by atoms with van der Waals surface area (Å²) in [5.74, 6) is 0. The summed E-state index contributed by atoms with van der Waals surface area (Å²) in [7, 11) is 0. The summed E-state index contributed by atoms with van der Waals surface area (Å²) in [5.41, 5.74) is 0. The molecule has 0 bridgehead atoms. The van der Waals surface area contributed by atoms with Crippen molar-refractivity contribution in [2.24, 2.45) is 0 Å². The number of halogens is 2. The Balaban J connectivity index is 0. The molecule has 0 spiro atoms. The summed E-state index contributed by atoms with van der Waals surface area (Å²) in [5, 5.41) is 0. The predicted molar refractivity (Wildman–Crippen MR) is 35.6 cm³/mol. The van der Waals surface area contributed by atoms with E-state index in [-0.39, 0.29) is 122 Å². The molecule has 0 aliphatic heterocycles. The molecular weight excluding hydrogens is 329 g/mol. The molecular formula is C3H13I2K. The summed E-state index contributed by atoms with van der Waals surface area (Å²) in [4.78, 5) is 0. The van der Waals surface area contributed by atoms with Crippen LogP contribution >= 0.6 is 24.0 Å². The third-order valence-corrected chi connectivity index (χ3v) is 0. The van der Waals surface area contributed by atoms with Crippen LogP contribution in [0, 0.1) is 0 Å². The van der Waals surface area contributed by atoms with Crippen molar-refractivity contribution in [3.8, 4) is 0 Å². The van der Waals surface area contributed by atoms with Crippen molar-refractivity contribution in [2.75, 3.05) is 0 Å². The fourth-order valence-corrected chi connectivity index (χ4v) is 0. The van der Waals surface area contributed by atoms with Crippen molar-refractivity contribution in [2.45, 2.75) is 22.3 Å². The van der Waals surface area contributed by atoms with Gasteiger partial charge in [0.05, 0.1) is 0 Å². The third-order valence-electron chi connectivity index (χ3n) is 0. The normalized spacial score (nSPS) is 0. The van der Waals surface area contributed by atoms with Crippen molar-refractivity contribution in [1.29, 1.82) is 0 Å². The number of hydrogen-bond donors (Lipinski definition) is 0. The maximum absolute atomic E-state index is 0. The van der Waals surface area contributed by atoms with Crippen molar-refractivity contribution < 1.29 is 75.4 Å². The van der Waals surface area contributed by atoms with E-state index < -0.39 is 0 Å². The van der Waals surface area contributed by atoms with Crippen molar-refractivity contribution in [3.63, 3.8) is 0 Å². The molecule has 3 heteroatoms. The zero-order chi connectivity index (χ0) is 0. The SMILES string of the molecule is C.C.C.I.[I-].[K+]. The van der Waals surface area contributed by atoms with Crippen LogP contribution < -0.4 is 75.4 Å². The maximum Gasteiger partial charge on any atom is 1.00 e. The van der Waals surface area contributed by atoms with Gasteiger partial charge >= 0.3 is 51.4 Å². The summed E-state index contributed by atoms with van der Waals surface area (Å²) in [6.07, 6.45) is 0. The van der Waals surface area contributed by atoms with Gasteiger partial charge in [-0.15, -0.1) is 24.0 Å². The Hall–Kier alpha value is 3.10. The number of rotatable bonds is 0. The van der Waals surface area contributed by atoms with Crippen molar-refractivity contribution in [3.05, 3.63) is 0 Å². The average molecular weight is 342 g/mol. The average Bonchev–Trinajstić information content (AvgIpc) is 0. The quantitative estimate of drug-likeness (QED) is 0.317. The largest absolute Gasteiger partial charge is 1.00 e. The third kappa shape index (κ3) is 27.5. The second-order valence-corrected chi connectivity index (χ2v) is 0. The van der Waals surface area contributed by atoms with E-state index in [9.17, 15) is 0 Å². The van der Waals surface area contributed by atoms with Gasteiger partial charge in [0.15, 0.2) is 0 Å². The molecule has 0 aromatic carbocycles. The van der Waals surface area contributed by atoms with Crippen LogP contribution in [0.1, 0.15) is 22.3 Å². The van der Waals surface area contributed by atoms with Gasteiger partial charge < -0.3 is 24.0 Å². The Morgan fingerprint density at radius 1 is 0.667 bits per heavy atom. The van der Waals surface area contributed by atoms with Crippen LogP contribution in [-0.2, 0) is 0 Å². The Kier molecular flexibility index (Phi) is 441. The van der Waals surface area contributed by atoms with Gasteiger partial charge in [-0.25, -0.2) is 0 Å². The van der Waals surface area contributed by atoms with Crippen LogP contribution in [0.3, 0.4) is 0 Å². The van der Waals surface area contributed by atoms with E-state index in [0.29, 0.717) is 0 Å². The summed E-state index contributed by atoms with van der Waals surface area (Å²) in [6.45, 7) is 0. The van der Waals surface area contributed by atoms with E-state index in [1.165, 1.54) is 0 Å². The second kappa shape index (κ2) is 42.5. The first-order chi connectivity index (χ1) is 0. The zero-order valence-electron chi connectivity index (χ0n) is 1.79. The molecule has 0 aliphatic rings. The van der Waals surface area contributed by atoms with Crippen molar-refractivity contribution >= 4 is 24.0 Å². The molecule has 0 fully saturated rings. The first-order valence-corrected chi connectivity index (χ1v) is 0. The van der Waals surface area contributed by atoms with E-state index in [1.807, 2.05) is 0 Å². The molecule has 0 aromatic rings. The van der Waals surface area contributed by atoms with Gasteiger partial charge in [0.1, 0.15) is 0 Å². The fraction of sp³-hybridized carbons (Fsp3) is 1.00. The zero-order valence-corrected chi connectivity index (χ0v) is 9.40. The Morgan fingerprint density at radius 2 is 0.667 bits per heavy atom. The smallest absolute Gasteiger partial charge is 1.00 e. The Labute approximate surface area is 119 Å². The van der Waals surface area contributed by atoms with Gasteiger partial charge in [-0.2, -0.15) is 0 Å². The molecule has 0 nitrogen and oxygen atoms in total. The van der Waals surface area contributed by atoms with E-state index in [2.05, 4.69) is 0 Å². The van der Waals surface area contributed by atoms with Crippen LogP contribution in [0.15, 0.2) is 0 Å². The Morgan fingerprint density at radius 3 is 0.667 bits per heavy atom. The Bertz CT molecular complexity index is 8.75. The maximum atomic E-state index is 0. The molecule has 0 N–H and O–H groups in total. The first kappa shape index (κ1) is 62.2. The van der Waals surface area contributed by atoms with Gasteiger partial charge in [-0.1, -0.05) is 22.3 Å².